The van der Waals surface area contributed by atoms with Gasteiger partial charge >= 0.3 is 0 Å². The van der Waals surface area contributed by atoms with Crippen LogP contribution in [0, 0.1) is 0 Å². The highest BCUT2D eigenvalue weighted by Crippen LogP contribution is 2.30. The maximum Gasteiger partial charge on any atom is 0.214 e. The fraction of sp³-hybridized carbons (Fsp3) is 0.650. The van der Waals surface area contributed by atoms with Gasteiger partial charge in [0.05, 0.1) is 31.6 Å². The molecule has 0 spiro atoms. The zero-order valence-electron chi connectivity index (χ0n) is 18.3. The van der Waals surface area contributed by atoms with Crippen molar-refractivity contribution >= 4 is 40.0 Å². The highest BCUT2D eigenvalue weighted by molar-refractivity contribution is 14.0. The van der Waals surface area contributed by atoms with Gasteiger partial charge < -0.3 is 20.1 Å². The van der Waals surface area contributed by atoms with Crippen LogP contribution in [0.25, 0.3) is 0 Å². The second-order valence-corrected chi connectivity index (χ2v) is 8.86. The lowest BCUT2D eigenvalue weighted by atomic mass is 10.1. The number of hydrogen-bond acceptors (Lipinski definition) is 5. The Morgan fingerprint density at radius 2 is 1.90 bits per heavy atom. The smallest absolute Gasteiger partial charge is 0.214 e. The summed E-state index contributed by atoms with van der Waals surface area (Å²) in [6.45, 7) is 11.2. The standard InChI is InChI=1S/C20H34N4O4S.HI/c1-5-21-20(22-11-13-24-12-8-14-29(24,25)26)23-16(4)17-9-10-18(27-6-2)19(15-17)28-7-3;/h9-10,15-16H,5-8,11-14H2,1-4H3,(H2,21,22,23);1H. The number of sulfonamides is 1. The zero-order chi connectivity index (χ0) is 21.3. The Morgan fingerprint density at radius 1 is 1.20 bits per heavy atom. The van der Waals surface area contributed by atoms with Crippen molar-refractivity contribution in [3.8, 4) is 11.5 Å². The molecule has 8 nitrogen and oxygen atoms in total. The number of halogens is 1. The topological polar surface area (TPSA) is 92.3 Å². The van der Waals surface area contributed by atoms with Crippen molar-refractivity contribution < 1.29 is 17.9 Å². The van der Waals surface area contributed by atoms with E-state index in [4.69, 9.17) is 9.47 Å². The Hall–Kier alpha value is -1.27. The Kier molecular flexibility index (Phi) is 11.8. The summed E-state index contributed by atoms with van der Waals surface area (Å²) in [7, 11) is -3.09. The molecule has 172 valence electrons. The van der Waals surface area contributed by atoms with Gasteiger partial charge in [0, 0.05) is 19.6 Å². The predicted octanol–water partition coefficient (Wildman–Crippen LogP) is 2.75. The van der Waals surface area contributed by atoms with Gasteiger partial charge in [-0.15, -0.1) is 24.0 Å². The Labute approximate surface area is 197 Å². The largest absolute Gasteiger partial charge is 0.490 e. The van der Waals surface area contributed by atoms with E-state index in [0.717, 1.165) is 17.1 Å². The van der Waals surface area contributed by atoms with Crippen LogP contribution in [0.5, 0.6) is 11.5 Å². The summed E-state index contributed by atoms with van der Waals surface area (Å²) >= 11 is 0. The number of benzene rings is 1. The normalized spacial score (nSPS) is 17.1. The van der Waals surface area contributed by atoms with Crippen LogP contribution in [-0.4, -0.2) is 63.8 Å². The molecular formula is C20H35IN4O4S. The first kappa shape index (κ1) is 26.8. The van der Waals surface area contributed by atoms with Crippen molar-refractivity contribution in [3.05, 3.63) is 23.8 Å². The van der Waals surface area contributed by atoms with Crippen molar-refractivity contribution in [1.29, 1.82) is 0 Å². The molecule has 1 heterocycles. The molecule has 0 aromatic heterocycles. The Balaban J connectivity index is 0.00000450. The molecule has 1 aliphatic rings. The van der Waals surface area contributed by atoms with Crippen molar-refractivity contribution in [2.24, 2.45) is 4.99 Å². The third-order valence-corrected chi connectivity index (χ3v) is 6.54. The highest BCUT2D eigenvalue weighted by atomic mass is 127. The quantitative estimate of drug-likeness (QED) is 0.263. The molecule has 1 aromatic rings. The van der Waals surface area contributed by atoms with E-state index in [1.807, 2.05) is 45.9 Å². The van der Waals surface area contributed by atoms with Gasteiger partial charge in [-0.1, -0.05) is 6.07 Å². The summed E-state index contributed by atoms with van der Waals surface area (Å²) in [6, 6.07) is 5.89. The number of guanidine groups is 1. The first-order valence-electron chi connectivity index (χ1n) is 10.3. The molecule has 1 fully saturated rings. The molecule has 1 atom stereocenters. The van der Waals surface area contributed by atoms with Gasteiger partial charge in [-0.25, -0.2) is 12.7 Å². The van der Waals surface area contributed by atoms with E-state index in [0.29, 0.717) is 51.8 Å². The number of rotatable bonds is 10. The van der Waals surface area contributed by atoms with Gasteiger partial charge in [-0.2, -0.15) is 0 Å². The van der Waals surface area contributed by atoms with E-state index < -0.39 is 10.0 Å². The first-order chi connectivity index (χ1) is 13.9. The van der Waals surface area contributed by atoms with Crippen LogP contribution < -0.4 is 20.1 Å². The van der Waals surface area contributed by atoms with Gasteiger partial charge in [0.25, 0.3) is 0 Å². The van der Waals surface area contributed by atoms with Crippen LogP contribution >= 0.6 is 24.0 Å². The molecular weight excluding hydrogens is 519 g/mol. The van der Waals surface area contributed by atoms with Gasteiger partial charge in [-0.05, 0) is 51.8 Å². The molecule has 0 saturated carbocycles. The number of nitrogens with zero attached hydrogens (tertiary/aromatic N) is 2. The van der Waals surface area contributed by atoms with E-state index in [9.17, 15) is 8.42 Å². The van der Waals surface area contributed by atoms with Gasteiger partial charge in [0.15, 0.2) is 17.5 Å². The highest BCUT2D eigenvalue weighted by Gasteiger charge is 2.27. The van der Waals surface area contributed by atoms with Crippen LogP contribution in [0.4, 0.5) is 0 Å². The molecule has 1 aromatic carbocycles. The lowest BCUT2D eigenvalue weighted by Crippen LogP contribution is -2.39. The lowest BCUT2D eigenvalue weighted by Gasteiger charge is -2.20. The van der Waals surface area contributed by atoms with Crippen LogP contribution in [-0.2, 0) is 10.0 Å². The van der Waals surface area contributed by atoms with Crippen LogP contribution in [0.1, 0.15) is 45.7 Å². The maximum absolute atomic E-state index is 11.9. The van der Waals surface area contributed by atoms with Crippen molar-refractivity contribution in [3.63, 3.8) is 0 Å². The number of ether oxygens (including phenoxy) is 2. The molecule has 1 aliphatic heterocycles. The number of aliphatic imine (C=N–C) groups is 1. The lowest BCUT2D eigenvalue weighted by molar-refractivity contribution is 0.287. The molecule has 1 saturated heterocycles. The third-order valence-electron chi connectivity index (χ3n) is 4.59. The van der Waals surface area contributed by atoms with Gasteiger partial charge in [0.1, 0.15) is 0 Å². The molecule has 30 heavy (non-hydrogen) atoms. The van der Waals surface area contributed by atoms with E-state index in [2.05, 4.69) is 15.6 Å². The average Bonchev–Trinajstić information content (AvgIpc) is 3.02. The van der Waals surface area contributed by atoms with Gasteiger partial charge in [-0.3, -0.25) is 4.99 Å². The minimum Gasteiger partial charge on any atom is -0.490 e. The van der Waals surface area contributed by atoms with Crippen molar-refractivity contribution in [2.75, 3.05) is 45.1 Å². The average molecular weight is 554 g/mol. The second-order valence-electron chi connectivity index (χ2n) is 6.77. The summed E-state index contributed by atoms with van der Waals surface area (Å²) < 4.78 is 36.7. The Bertz CT molecular complexity index is 789. The SMILES string of the molecule is CCNC(=NCCN1CCCS1(=O)=O)NC(C)c1ccc(OCC)c(OCC)c1.I. The van der Waals surface area contributed by atoms with Crippen LogP contribution in [0.15, 0.2) is 23.2 Å². The van der Waals surface area contributed by atoms with E-state index in [1.165, 1.54) is 4.31 Å². The summed E-state index contributed by atoms with van der Waals surface area (Å²) in [5.41, 5.74) is 1.05. The molecule has 0 amide bonds. The molecule has 0 aliphatic carbocycles. The number of hydrogen-bond donors (Lipinski definition) is 2. The monoisotopic (exact) mass is 554 g/mol. The molecule has 2 rings (SSSR count). The Morgan fingerprint density at radius 3 is 2.50 bits per heavy atom. The van der Waals surface area contributed by atoms with Crippen LogP contribution in [0.3, 0.4) is 0 Å². The van der Waals surface area contributed by atoms with E-state index in [-0.39, 0.29) is 35.8 Å². The fourth-order valence-corrected chi connectivity index (χ4v) is 4.68. The van der Waals surface area contributed by atoms with Gasteiger partial charge in [0.2, 0.25) is 10.0 Å². The molecule has 0 radical (unpaired) electrons. The minimum atomic E-state index is -3.09. The summed E-state index contributed by atoms with van der Waals surface area (Å²) in [6.07, 6.45) is 0.696. The van der Waals surface area contributed by atoms with E-state index in [1.54, 1.807) is 0 Å². The molecule has 0 bridgehead atoms. The van der Waals surface area contributed by atoms with Crippen molar-refractivity contribution in [1.82, 2.24) is 14.9 Å². The van der Waals surface area contributed by atoms with Crippen LogP contribution in [0.2, 0.25) is 0 Å². The summed E-state index contributed by atoms with van der Waals surface area (Å²) in [5.74, 6) is 2.36. The first-order valence-corrected chi connectivity index (χ1v) is 11.9. The molecule has 2 N–H and O–H groups in total. The third kappa shape index (κ3) is 7.77. The number of nitrogens with one attached hydrogen (secondary N) is 2. The van der Waals surface area contributed by atoms with Crippen molar-refractivity contribution in [2.45, 2.75) is 40.2 Å². The second kappa shape index (κ2) is 13.2. The summed E-state index contributed by atoms with van der Waals surface area (Å²) in [4.78, 5) is 4.55. The minimum absolute atomic E-state index is 0. The molecule has 10 heteroatoms. The maximum atomic E-state index is 11.9. The summed E-state index contributed by atoms with van der Waals surface area (Å²) in [5, 5.41) is 6.59. The fourth-order valence-electron chi connectivity index (χ4n) is 3.16. The molecule has 1 unspecified atom stereocenters. The predicted molar refractivity (Wildman–Crippen MR) is 132 cm³/mol. The van der Waals surface area contributed by atoms with E-state index >= 15 is 0 Å². The zero-order valence-corrected chi connectivity index (χ0v) is 21.5.